The Morgan fingerprint density at radius 2 is 2.36 bits per heavy atom. The molecule has 0 bridgehead atoms. The first-order valence-corrected chi connectivity index (χ1v) is 5.70. The Morgan fingerprint density at radius 3 is 3.14 bits per heavy atom. The summed E-state index contributed by atoms with van der Waals surface area (Å²) in [5.74, 6) is 0. The van der Waals surface area contributed by atoms with Crippen molar-refractivity contribution in [2.75, 3.05) is 6.54 Å². The van der Waals surface area contributed by atoms with Gasteiger partial charge in [-0.15, -0.1) is 0 Å². The Bertz CT molecular complexity index is 322. The lowest BCUT2D eigenvalue weighted by molar-refractivity contribution is 0.529. The molecule has 1 atom stereocenters. The third-order valence-electron chi connectivity index (χ3n) is 2.82. The van der Waals surface area contributed by atoms with Gasteiger partial charge in [0.1, 0.15) is 0 Å². The highest BCUT2D eigenvalue weighted by Crippen LogP contribution is 2.32. The van der Waals surface area contributed by atoms with Crippen LogP contribution in [0.15, 0.2) is 18.2 Å². The number of benzene rings is 1. The third kappa shape index (κ3) is 1.94. The van der Waals surface area contributed by atoms with Crippen LogP contribution < -0.4 is 5.32 Å². The van der Waals surface area contributed by atoms with Gasteiger partial charge in [0, 0.05) is 11.1 Å². The number of fused-ring (bicyclic) bond motifs is 1. The Balaban J connectivity index is 2.14. The largest absolute Gasteiger partial charge is 0.310 e. The van der Waals surface area contributed by atoms with Gasteiger partial charge in [-0.05, 0) is 49.1 Å². The Morgan fingerprint density at radius 1 is 1.50 bits per heavy atom. The molecular formula is C12H16ClN. The predicted molar refractivity (Wildman–Crippen MR) is 60.8 cm³/mol. The molecule has 0 aromatic heterocycles. The molecule has 14 heavy (non-hydrogen) atoms. The number of hydrogen-bond donors (Lipinski definition) is 1. The lowest BCUT2D eigenvalue weighted by Crippen LogP contribution is -2.19. The van der Waals surface area contributed by atoms with Gasteiger partial charge >= 0.3 is 0 Å². The molecule has 1 unspecified atom stereocenters. The van der Waals surface area contributed by atoms with Gasteiger partial charge in [0.2, 0.25) is 0 Å². The number of halogens is 1. The SMILES string of the molecule is CCCNC1CCc2cc(Cl)ccc21. The highest BCUT2D eigenvalue weighted by molar-refractivity contribution is 6.30. The zero-order valence-electron chi connectivity index (χ0n) is 8.52. The molecule has 1 aromatic carbocycles. The van der Waals surface area contributed by atoms with Crippen molar-refractivity contribution in [3.63, 3.8) is 0 Å². The molecule has 1 aliphatic rings. The molecule has 0 saturated carbocycles. The van der Waals surface area contributed by atoms with Gasteiger partial charge < -0.3 is 5.32 Å². The molecule has 1 nitrogen and oxygen atoms in total. The van der Waals surface area contributed by atoms with Crippen LogP contribution in [0.5, 0.6) is 0 Å². The fraction of sp³-hybridized carbons (Fsp3) is 0.500. The summed E-state index contributed by atoms with van der Waals surface area (Å²) in [7, 11) is 0. The second-order valence-electron chi connectivity index (χ2n) is 3.89. The molecule has 76 valence electrons. The number of rotatable bonds is 3. The van der Waals surface area contributed by atoms with Crippen molar-refractivity contribution in [2.24, 2.45) is 0 Å². The van der Waals surface area contributed by atoms with E-state index in [4.69, 9.17) is 11.6 Å². The van der Waals surface area contributed by atoms with E-state index in [1.807, 2.05) is 6.07 Å². The topological polar surface area (TPSA) is 12.0 Å². The lowest BCUT2D eigenvalue weighted by atomic mass is 10.1. The predicted octanol–water partition coefficient (Wildman–Crippen LogP) is 3.33. The van der Waals surface area contributed by atoms with Gasteiger partial charge in [0.25, 0.3) is 0 Å². The molecule has 0 radical (unpaired) electrons. The molecule has 0 fully saturated rings. The number of aryl methyl sites for hydroxylation is 1. The van der Waals surface area contributed by atoms with Crippen LogP contribution in [0.1, 0.15) is 36.9 Å². The van der Waals surface area contributed by atoms with Crippen LogP contribution in [-0.2, 0) is 6.42 Å². The van der Waals surface area contributed by atoms with E-state index in [0.29, 0.717) is 6.04 Å². The maximum atomic E-state index is 5.96. The van der Waals surface area contributed by atoms with Crippen molar-refractivity contribution in [1.29, 1.82) is 0 Å². The lowest BCUT2D eigenvalue weighted by Gasteiger charge is -2.12. The molecule has 0 heterocycles. The van der Waals surface area contributed by atoms with Crippen LogP contribution in [0.25, 0.3) is 0 Å². The first kappa shape index (κ1) is 10.0. The minimum atomic E-state index is 0.558. The maximum Gasteiger partial charge on any atom is 0.0408 e. The van der Waals surface area contributed by atoms with Gasteiger partial charge in [-0.1, -0.05) is 24.6 Å². The molecule has 0 aliphatic heterocycles. The van der Waals surface area contributed by atoms with Crippen LogP contribution in [0.2, 0.25) is 5.02 Å². The van der Waals surface area contributed by atoms with Crippen LogP contribution in [0.3, 0.4) is 0 Å². The van der Waals surface area contributed by atoms with E-state index in [1.54, 1.807) is 0 Å². The van der Waals surface area contributed by atoms with E-state index in [9.17, 15) is 0 Å². The summed E-state index contributed by atoms with van der Waals surface area (Å²) in [5, 5.41) is 4.42. The zero-order valence-corrected chi connectivity index (χ0v) is 9.27. The highest BCUT2D eigenvalue weighted by Gasteiger charge is 2.21. The first-order valence-electron chi connectivity index (χ1n) is 5.33. The molecule has 1 N–H and O–H groups in total. The molecular weight excluding hydrogens is 194 g/mol. The Hall–Kier alpha value is -0.530. The van der Waals surface area contributed by atoms with E-state index in [0.717, 1.165) is 18.0 Å². The van der Waals surface area contributed by atoms with Crippen LogP contribution in [0, 0.1) is 0 Å². The summed E-state index contributed by atoms with van der Waals surface area (Å²) in [6.07, 6.45) is 3.58. The molecule has 0 amide bonds. The van der Waals surface area contributed by atoms with Gasteiger partial charge in [-0.25, -0.2) is 0 Å². The molecule has 2 heteroatoms. The van der Waals surface area contributed by atoms with Crippen LogP contribution in [0.4, 0.5) is 0 Å². The monoisotopic (exact) mass is 209 g/mol. The minimum Gasteiger partial charge on any atom is -0.310 e. The quantitative estimate of drug-likeness (QED) is 0.806. The fourth-order valence-corrected chi connectivity index (χ4v) is 2.31. The van der Waals surface area contributed by atoms with Gasteiger partial charge in [0.15, 0.2) is 0 Å². The minimum absolute atomic E-state index is 0.558. The van der Waals surface area contributed by atoms with Gasteiger partial charge in [-0.3, -0.25) is 0 Å². The Kier molecular flexibility index (Phi) is 3.09. The van der Waals surface area contributed by atoms with Crippen molar-refractivity contribution in [1.82, 2.24) is 5.32 Å². The van der Waals surface area contributed by atoms with Crippen molar-refractivity contribution in [3.05, 3.63) is 34.3 Å². The molecule has 2 rings (SSSR count). The second-order valence-corrected chi connectivity index (χ2v) is 4.32. The summed E-state index contributed by atoms with van der Waals surface area (Å²) >= 11 is 5.96. The Labute approximate surface area is 90.5 Å². The van der Waals surface area contributed by atoms with Gasteiger partial charge in [-0.2, -0.15) is 0 Å². The highest BCUT2D eigenvalue weighted by atomic mass is 35.5. The maximum absolute atomic E-state index is 5.96. The van der Waals surface area contributed by atoms with Crippen molar-refractivity contribution < 1.29 is 0 Å². The molecule has 1 aromatic rings. The number of nitrogens with one attached hydrogen (secondary N) is 1. The van der Waals surface area contributed by atoms with Crippen LogP contribution >= 0.6 is 11.6 Å². The van der Waals surface area contributed by atoms with E-state index in [1.165, 1.54) is 24.0 Å². The van der Waals surface area contributed by atoms with E-state index in [-0.39, 0.29) is 0 Å². The molecule has 0 saturated heterocycles. The van der Waals surface area contributed by atoms with E-state index < -0.39 is 0 Å². The third-order valence-corrected chi connectivity index (χ3v) is 3.06. The average Bonchev–Trinajstić information content (AvgIpc) is 2.57. The first-order chi connectivity index (χ1) is 6.81. The van der Waals surface area contributed by atoms with Crippen molar-refractivity contribution in [2.45, 2.75) is 32.2 Å². The summed E-state index contributed by atoms with van der Waals surface area (Å²) in [6.45, 7) is 3.30. The van der Waals surface area contributed by atoms with Crippen molar-refractivity contribution in [3.8, 4) is 0 Å². The summed E-state index contributed by atoms with van der Waals surface area (Å²) < 4.78 is 0. The van der Waals surface area contributed by atoms with Gasteiger partial charge in [0.05, 0.1) is 0 Å². The molecule has 0 spiro atoms. The fourth-order valence-electron chi connectivity index (χ4n) is 2.12. The summed E-state index contributed by atoms with van der Waals surface area (Å²) in [5.41, 5.74) is 2.87. The number of hydrogen-bond acceptors (Lipinski definition) is 1. The van der Waals surface area contributed by atoms with Crippen LogP contribution in [-0.4, -0.2) is 6.54 Å². The standard InChI is InChI=1S/C12H16ClN/c1-2-7-14-12-6-3-9-8-10(13)4-5-11(9)12/h4-5,8,12,14H,2-3,6-7H2,1H3. The average molecular weight is 210 g/mol. The van der Waals surface area contributed by atoms with Crippen molar-refractivity contribution >= 4 is 11.6 Å². The second kappa shape index (κ2) is 4.33. The normalized spacial score (nSPS) is 19.7. The zero-order chi connectivity index (χ0) is 9.97. The summed E-state index contributed by atoms with van der Waals surface area (Å²) in [6, 6.07) is 6.82. The smallest absolute Gasteiger partial charge is 0.0408 e. The molecule has 1 aliphatic carbocycles. The van der Waals surface area contributed by atoms with E-state index >= 15 is 0 Å². The summed E-state index contributed by atoms with van der Waals surface area (Å²) in [4.78, 5) is 0. The van der Waals surface area contributed by atoms with E-state index in [2.05, 4.69) is 24.4 Å².